The predicted octanol–water partition coefficient (Wildman–Crippen LogP) is 4.53. The van der Waals surface area contributed by atoms with Gasteiger partial charge in [0.2, 0.25) is 0 Å². The van der Waals surface area contributed by atoms with Crippen LogP contribution in [0.2, 0.25) is 0 Å². The van der Waals surface area contributed by atoms with E-state index >= 15 is 0 Å². The van der Waals surface area contributed by atoms with Crippen LogP contribution in [0.3, 0.4) is 0 Å². The average Bonchev–Trinajstić information content (AvgIpc) is 3.00. The molecule has 4 rings (SSSR count). The van der Waals surface area contributed by atoms with Gasteiger partial charge in [-0.15, -0.1) is 0 Å². The summed E-state index contributed by atoms with van der Waals surface area (Å²) in [4.78, 5) is 31.9. The summed E-state index contributed by atoms with van der Waals surface area (Å²) in [6.45, 7) is -0.0177. The number of amides is 1. The van der Waals surface area contributed by atoms with Gasteiger partial charge in [0, 0.05) is 5.92 Å². The fraction of sp³-hybridized carbons (Fsp3) is 0.0952. The van der Waals surface area contributed by atoms with Crippen LogP contribution in [-0.4, -0.2) is 22.5 Å². The molecule has 2 N–H and O–H groups in total. The van der Waals surface area contributed by atoms with E-state index in [1.807, 2.05) is 48.5 Å². The van der Waals surface area contributed by atoms with Crippen LogP contribution in [0, 0.1) is 0 Å². The number of rotatable bonds is 4. The molecular formula is C21H18NO5P. The molecule has 0 unspecified atom stereocenters. The predicted molar refractivity (Wildman–Crippen MR) is 106 cm³/mol. The van der Waals surface area contributed by atoms with Gasteiger partial charge < -0.3 is 14.5 Å². The maximum Gasteiger partial charge on any atom is 0.439 e. The minimum atomic E-state index is -4.89. The highest BCUT2D eigenvalue weighted by atomic mass is 31.2. The number of hydrogen-bond acceptors (Lipinski definition) is 3. The third-order valence-corrected chi connectivity index (χ3v) is 5.69. The number of anilines is 1. The van der Waals surface area contributed by atoms with Crippen molar-refractivity contribution in [1.29, 1.82) is 0 Å². The lowest BCUT2D eigenvalue weighted by Crippen LogP contribution is -2.29. The van der Waals surface area contributed by atoms with Crippen LogP contribution in [0.1, 0.15) is 17.0 Å². The molecule has 0 bridgehead atoms. The van der Waals surface area contributed by atoms with Crippen molar-refractivity contribution in [3.8, 4) is 11.1 Å². The highest BCUT2D eigenvalue weighted by molar-refractivity contribution is 7.54. The Morgan fingerprint density at radius 3 is 1.89 bits per heavy atom. The van der Waals surface area contributed by atoms with Gasteiger partial charge in [0.05, 0.1) is 5.69 Å². The van der Waals surface area contributed by atoms with Crippen LogP contribution in [0.5, 0.6) is 0 Å². The monoisotopic (exact) mass is 395 g/mol. The molecule has 1 amide bonds. The van der Waals surface area contributed by atoms with Gasteiger partial charge >= 0.3 is 13.8 Å². The van der Waals surface area contributed by atoms with Gasteiger partial charge in [-0.1, -0.05) is 66.7 Å². The highest BCUT2D eigenvalue weighted by Crippen LogP contribution is 2.46. The second kappa shape index (κ2) is 7.24. The molecule has 3 aromatic carbocycles. The topological polar surface area (TPSA) is 87.1 Å². The van der Waals surface area contributed by atoms with Gasteiger partial charge in [0.25, 0.3) is 0 Å². The minimum Gasteiger partial charge on any atom is -0.448 e. The van der Waals surface area contributed by atoms with Crippen LogP contribution in [0.25, 0.3) is 11.1 Å². The number of fused-ring (bicyclic) bond motifs is 3. The first kappa shape index (κ1) is 18.4. The molecule has 142 valence electrons. The Morgan fingerprint density at radius 2 is 1.36 bits per heavy atom. The molecule has 28 heavy (non-hydrogen) atoms. The SMILES string of the molecule is O=C(OCC1c2ccccc2-c2ccccc21)N(c1ccccc1)P(=O)(O)O. The highest BCUT2D eigenvalue weighted by Gasteiger charge is 2.35. The van der Waals surface area contributed by atoms with Gasteiger partial charge in [-0.05, 0) is 34.4 Å². The van der Waals surface area contributed by atoms with Gasteiger partial charge in [-0.3, -0.25) is 0 Å². The number of nitrogens with zero attached hydrogens (tertiary/aromatic N) is 1. The number of hydrogen-bond donors (Lipinski definition) is 2. The summed E-state index contributed by atoms with van der Waals surface area (Å²) in [6, 6.07) is 23.5. The zero-order valence-corrected chi connectivity index (χ0v) is 15.7. The van der Waals surface area contributed by atoms with Gasteiger partial charge in [0.15, 0.2) is 0 Å². The Balaban J connectivity index is 1.60. The molecule has 7 heteroatoms. The fourth-order valence-electron chi connectivity index (χ4n) is 3.59. The first-order valence-corrected chi connectivity index (χ1v) is 10.3. The molecule has 0 heterocycles. The molecule has 0 fully saturated rings. The number of benzene rings is 3. The average molecular weight is 395 g/mol. The molecule has 3 aromatic rings. The maximum absolute atomic E-state index is 12.6. The summed E-state index contributed by atoms with van der Waals surface area (Å²) < 4.78 is 17.7. The third kappa shape index (κ3) is 3.34. The van der Waals surface area contributed by atoms with E-state index in [1.54, 1.807) is 18.2 Å². The summed E-state index contributed by atoms with van der Waals surface area (Å²) in [7, 11) is -4.89. The maximum atomic E-state index is 12.6. The first-order chi connectivity index (χ1) is 13.5. The Kier molecular flexibility index (Phi) is 4.77. The lowest BCUT2D eigenvalue weighted by atomic mass is 9.98. The van der Waals surface area contributed by atoms with Crippen LogP contribution in [0.15, 0.2) is 78.9 Å². The van der Waals surface area contributed by atoms with E-state index in [-0.39, 0.29) is 18.2 Å². The number of para-hydroxylation sites is 1. The lowest BCUT2D eigenvalue weighted by molar-refractivity contribution is 0.152. The van der Waals surface area contributed by atoms with E-state index in [0.717, 1.165) is 22.3 Å². The van der Waals surface area contributed by atoms with Gasteiger partial charge in [-0.25, -0.2) is 9.36 Å². The summed E-state index contributed by atoms with van der Waals surface area (Å²) in [5.41, 5.74) is 4.29. The first-order valence-electron chi connectivity index (χ1n) is 8.73. The molecular weight excluding hydrogens is 377 g/mol. The fourth-order valence-corrected chi connectivity index (χ4v) is 4.29. The molecule has 6 nitrogen and oxygen atoms in total. The Hall–Kier alpha value is -2.92. The number of carbonyl (C=O) groups is 1. The minimum absolute atomic E-state index is 0.0177. The van der Waals surface area contributed by atoms with Gasteiger partial charge in [-0.2, -0.15) is 4.67 Å². The Morgan fingerprint density at radius 1 is 0.857 bits per heavy atom. The summed E-state index contributed by atoms with van der Waals surface area (Å²) in [6.07, 6.45) is -1.08. The van der Waals surface area contributed by atoms with E-state index < -0.39 is 13.8 Å². The molecule has 0 aromatic heterocycles. The normalized spacial score (nSPS) is 12.9. The lowest BCUT2D eigenvalue weighted by Gasteiger charge is -2.23. The quantitative estimate of drug-likeness (QED) is 0.634. The van der Waals surface area contributed by atoms with E-state index in [0.29, 0.717) is 4.67 Å². The summed E-state index contributed by atoms with van der Waals surface area (Å²) in [5, 5.41) is 0. The Labute approximate surface area is 162 Å². The van der Waals surface area contributed by atoms with E-state index in [4.69, 9.17) is 4.74 Å². The number of carbonyl (C=O) groups excluding carboxylic acids is 1. The van der Waals surface area contributed by atoms with Crippen LogP contribution in [0.4, 0.5) is 10.5 Å². The zero-order chi connectivity index (χ0) is 19.7. The zero-order valence-electron chi connectivity index (χ0n) is 14.8. The van der Waals surface area contributed by atoms with Crippen molar-refractivity contribution in [2.75, 3.05) is 11.3 Å². The van der Waals surface area contributed by atoms with Crippen molar-refractivity contribution in [2.24, 2.45) is 0 Å². The Bertz CT molecular complexity index is 1020. The molecule has 0 spiro atoms. The molecule has 1 aliphatic carbocycles. The van der Waals surface area contributed by atoms with Crippen molar-refractivity contribution in [3.05, 3.63) is 90.0 Å². The second-order valence-electron chi connectivity index (χ2n) is 6.46. The van der Waals surface area contributed by atoms with Crippen molar-refractivity contribution in [2.45, 2.75) is 5.92 Å². The van der Waals surface area contributed by atoms with Crippen molar-refractivity contribution < 1.29 is 23.9 Å². The molecule has 0 radical (unpaired) electrons. The third-order valence-electron chi connectivity index (χ3n) is 4.77. The van der Waals surface area contributed by atoms with Crippen LogP contribution < -0.4 is 4.67 Å². The molecule has 0 saturated heterocycles. The van der Waals surface area contributed by atoms with Crippen LogP contribution in [-0.2, 0) is 9.30 Å². The molecule has 0 atom stereocenters. The molecule has 1 aliphatic rings. The number of ether oxygens (including phenoxy) is 1. The van der Waals surface area contributed by atoms with Crippen LogP contribution >= 0.6 is 7.75 Å². The molecule has 0 saturated carbocycles. The summed E-state index contributed by atoms with van der Waals surface area (Å²) >= 11 is 0. The van der Waals surface area contributed by atoms with Gasteiger partial charge in [0.1, 0.15) is 6.61 Å². The van der Waals surface area contributed by atoms with E-state index in [2.05, 4.69) is 0 Å². The van der Waals surface area contributed by atoms with Crippen molar-refractivity contribution in [1.82, 2.24) is 0 Å². The molecule has 0 aliphatic heterocycles. The summed E-state index contributed by atoms with van der Waals surface area (Å²) in [5.74, 6) is -0.189. The largest absolute Gasteiger partial charge is 0.448 e. The van der Waals surface area contributed by atoms with Crippen molar-refractivity contribution >= 4 is 19.5 Å². The smallest absolute Gasteiger partial charge is 0.439 e. The standard InChI is InChI=1S/C21H18NO5P/c23-21(22(28(24,25)26)15-8-2-1-3-9-15)27-14-20-18-12-6-4-10-16(18)17-11-5-7-13-19(17)20/h1-13,20H,14H2,(H2,24,25,26). The van der Waals surface area contributed by atoms with E-state index in [1.165, 1.54) is 12.1 Å². The van der Waals surface area contributed by atoms with E-state index in [9.17, 15) is 19.1 Å². The van der Waals surface area contributed by atoms with Crippen molar-refractivity contribution in [3.63, 3.8) is 0 Å². The second-order valence-corrected chi connectivity index (χ2v) is 7.89.